The van der Waals surface area contributed by atoms with Gasteiger partial charge in [0.1, 0.15) is 5.82 Å². The van der Waals surface area contributed by atoms with Gasteiger partial charge in [0.2, 0.25) is 0 Å². The summed E-state index contributed by atoms with van der Waals surface area (Å²) in [5.74, 6) is 1.48. The van der Waals surface area contributed by atoms with Crippen LogP contribution in [0.1, 0.15) is 37.1 Å². The van der Waals surface area contributed by atoms with Gasteiger partial charge in [0, 0.05) is 18.3 Å². The van der Waals surface area contributed by atoms with Gasteiger partial charge < -0.3 is 4.98 Å². The summed E-state index contributed by atoms with van der Waals surface area (Å²) >= 11 is 0. The Labute approximate surface area is 90.4 Å². The fourth-order valence-electron chi connectivity index (χ4n) is 1.90. The summed E-state index contributed by atoms with van der Waals surface area (Å²) in [6, 6.07) is 10.6. The fourth-order valence-corrected chi connectivity index (χ4v) is 1.90. The molecule has 0 saturated carbocycles. The molecule has 2 aromatic rings. The molecule has 1 aromatic heterocycles. The zero-order chi connectivity index (χ0) is 10.5. The Hall–Kier alpha value is -1.57. The Morgan fingerprint density at radius 3 is 2.67 bits per heavy atom. The highest BCUT2D eigenvalue weighted by molar-refractivity contribution is 5.25. The first kappa shape index (κ1) is 9.97. The number of nitrogens with zero attached hydrogens (tertiary/aromatic N) is 1. The standard InChI is InChI=1S/C13H16N2/c1-2-6-12(13-14-9-10-15-13)11-7-4-3-5-8-11/h3-5,7-10,12H,2,6H2,1H3,(H,14,15)/t12-/m1/s1. The van der Waals surface area contributed by atoms with Crippen molar-refractivity contribution in [2.45, 2.75) is 25.7 Å². The lowest BCUT2D eigenvalue weighted by Crippen LogP contribution is -2.02. The number of H-pyrrole nitrogens is 1. The number of benzene rings is 1. The molecule has 0 spiro atoms. The Balaban J connectivity index is 2.28. The van der Waals surface area contributed by atoms with Gasteiger partial charge in [-0.25, -0.2) is 4.98 Å². The molecular weight excluding hydrogens is 184 g/mol. The first-order valence-electron chi connectivity index (χ1n) is 5.46. The molecule has 2 nitrogen and oxygen atoms in total. The molecule has 0 aliphatic carbocycles. The molecule has 0 aliphatic heterocycles. The summed E-state index contributed by atoms with van der Waals surface area (Å²) in [6.07, 6.45) is 6.01. The third-order valence-electron chi connectivity index (χ3n) is 2.63. The minimum absolute atomic E-state index is 0.409. The molecule has 1 aromatic carbocycles. The van der Waals surface area contributed by atoms with Gasteiger partial charge in [-0.3, -0.25) is 0 Å². The van der Waals surface area contributed by atoms with Crippen LogP contribution in [-0.4, -0.2) is 9.97 Å². The summed E-state index contributed by atoms with van der Waals surface area (Å²) in [5, 5.41) is 0. The molecule has 0 unspecified atom stereocenters. The van der Waals surface area contributed by atoms with Crippen molar-refractivity contribution in [2.75, 3.05) is 0 Å². The van der Waals surface area contributed by atoms with Crippen molar-refractivity contribution >= 4 is 0 Å². The maximum Gasteiger partial charge on any atom is 0.113 e. The van der Waals surface area contributed by atoms with E-state index in [1.807, 2.05) is 12.4 Å². The van der Waals surface area contributed by atoms with Crippen molar-refractivity contribution < 1.29 is 0 Å². The normalized spacial score (nSPS) is 12.6. The molecule has 0 radical (unpaired) electrons. The molecule has 78 valence electrons. The van der Waals surface area contributed by atoms with Crippen molar-refractivity contribution in [1.82, 2.24) is 9.97 Å². The zero-order valence-corrected chi connectivity index (χ0v) is 8.98. The predicted octanol–water partition coefficient (Wildman–Crippen LogP) is 3.34. The lowest BCUT2D eigenvalue weighted by Gasteiger charge is -2.13. The van der Waals surface area contributed by atoms with E-state index in [4.69, 9.17) is 0 Å². The number of aromatic amines is 1. The maximum atomic E-state index is 4.36. The summed E-state index contributed by atoms with van der Waals surface area (Å²) < 4.78 is 0. The van der Waals surface area contributed by atoms with Gasteiger partial charge in [0.25, 0.3) is 0 Å². The average molecular weight is 200 g/mol. The predicted molar refractivity (Wildman–Crippen MR) is 61.8 cm³/mol. The van der Waals surface area contributed by atoms with Crippen LogP contribution < -0.4 is 0 Å². The highest BCUT2D eigenvalue weighted by Gasteiger charge is 2.14. The SMILES string of the molecule is CCC[C@H](c1ccccc1)c1ncc[nH]1. The van der Waals surface area contributed by atoms with Crippen LogP contribution in [-0.2, 0) is 0 Å². The van der Waals surface area contributed by atoms with Gasteiger partial charge in [0.15, 0.2) is 0 Å². The van der Waals surface area contributed by atoms with Gasteiger partial charge in [0.05, 0.1) is 0 Å². The largest absolute Gasteiger partial charge is 0.348 e. The van der Waals surface area contributed by atoms with Crippen LogP contribution >= 0.6 is 0 Å². The van der Waals surface area contributed by atoms with Crippen molar-refractivity contribution in [2.24, 2.45) is 0 Å². The lowest BCUT2D eigenvalue weighted by molar-refractivity contribution is 0.666. The minimum atomic E-state index is 0.409. The first-order valence-corrected chi connectivity index (χ1v) is 5.46. The van der Waals surface area contributed by atoms with E-state index in [-0.39, 0.29) is 0 Å². The molecule has 1 N–H and O–H groups in total. The van der Waals surface area contributed by atoms with E-state index < -0.39 is 0 Å². The summed E-state index contributed by atoms with van der Waals surface area (Å²) in [7, 11) is 0. The quantitative estimate of drug-likeness (QED) is 0.805. The van der Waals surface area contributed by atoms with E-state index in [2.05, 4.69) is 47.2 Å². The molecule has 0 amide bonds. The molecule has 1 heterocycles. The summed E-state index contributed by atoms with van der Waals surface area (Å²) in [4.78, 5) is 7.57. The Kier molecular flexibility index (Phi) is 3.18. The van der Waals surface area contributed by atoms with E-state index in [1.54, 1.807) is 0 Å². The molecule has 0 saturated heterocycles. The maximum absolute atomic E-state index is 4.36. The Morgan fingerprint density at radius 1 is 1.27 bits per heavy atom. The Morgan fingerprint density at radius 2 is 2.07 bits per heavy atom. The first-order chi connectivity index (χ1) is 7.42. The van der Waals surface area contributed by atoms with Gasteiger partial charge in [-0.1, -0.05) is 43.7 Å². The lowest BCUT2D eigenvalue weighted by atomic mass is 9.94. The molecule has 0 bridgehead atoms. The van der Waals surface area contributed by atoms with Crippen LogP contribution in [0.2, 0.25) is 0 Å². The number of imidazole rings is 1. The minimum Gasteiger partial charge on any atom is -0.348 e. The third kappa shape index (κ3) is 2.27. The number of nitrogens with one attached hydrogen (secondary N) is 1. The van der Waals surface area contributed by atoms with Crippen molar-refractivity contribution in [1.29, 1.82) is 0 Å². The van der Waals surface area contributed by atoms with Gasteiger partial charge >= 0.3 is 0 Å². The van der Waals surface area contributed by atoms with E-state index in [1.165, 1.54) is 12.0 Å². The highest BCUT2D eigenvalue weighted by Crippen LogP contribution is 2.26. The van der Waals surface area contributed by atoms with E-state index in [9.17, 15) is 0 Å². The number of aromatic nitrogens is 2. The zero-order valence-electron chi connectivity index (χ0n) is 8.98. The van der Waals surface area contributed by atoms with Gasteiger partial charge in [-0.2, -0.15) is 0 Å². The second kappa shape index (κ2) is 4.78. The summed E-state index contributed by atoms with van der Waals surface area (Å²) in [6.45, 7) is 2.21. The fraction of sp³-hybridized carbons (Fsp3) is 0.308. The van der Waals surface area contributed by atoms with Crippen molar-refractivity contribution in [3.63, 3.8) is 0 Å². The van der Waals surface area contributed by atoms with E-state index in [0.29, 0.717) is 5.92 Å². The highest BCUT2D eigenvalue weighted by atomic mass is 14.9. The van der Waals surface area contributed by atoms with E-state index >= 15 is 0 Å². The van der Waals surface area contributed by atoms with Crippen LogP contribution in [0.3, 0.4) is 0 Å². The van der Waals surface area contributed by atoms with E-state index in [0.717, 1.165) is 12.2 Å². The Bertz CT molecular complexity index is 378. The van der Waals surface area contributed by atoms with Crippen LogP contribution in [0, 0.1) is 0 Å². The topological polar surface area (TPSA) is 28.7 Å². The molecule has 2 heteroatoms. The molecule has 0 fully saturated rings. The molecule has 2 rings (SSSR count). The second-order valence-corrected chi connectivity index (χ2v) is 3.73. The van der Waals surface area contributed by atoms with Crippen molar-refractivity contribution in [3.8, 4) is 0 Å². The number of hydrogen-bond acceptors (Lipinski definition) is 1. The second-order valence-electron chi connectivity index (χ2n) is 3.73. The molecule has 0 aliphatic rings. The van der Waals surface area contributed by atoms with Crippen molar-refractivity contribution in [3.05, 3.63) is 54.1 Å². The summed E-state index contributed by atoms with van der Waals surface area (Å²) in [5.41, 5.74) is 1.34. The molecule has 1 atom stereocenters. The molecular formula is C13H16N2. The van der Waals surface area contributed by atoms with Crippen LogP contribution in [0.4, 0.5) is 0 Å². The van der Waals surface area contributed by atoms with Gasteiger partial charge in [-0.05, 0) is 12.0 Å². The van der Waals surface area contributed by atoms with Crippen LogP contribution in [0.5, 0.6) is 0 Å². The molecule has 15 heavy (non-hydrogen) atoms. The monoisotopic (exact) mass is 200 g/mol. The smallest absolute Gasteiger partial charge is 0.113 e. The van der Waals surface area contributed by atoms with Crippen LogP contribution in [0.25, 0.3) is 0 Å². The third-order valence-corrected chi connectivity index (χ3v) is 2.63. The number of hydrogen-bond donors (Lipinski definition) is 1. The number of rotatable bonds is 4. The van der Waals surface area contributed by atoms with Crippen LogP contribution in [0.15, 0.2) is 42.7 Å². The average Bonchev–Trinajstić information content (AvgIpc) is 2.80. The van der Waals surface area contributed by atoms with Gasteiger partial charge in [-0.15, -0.1) is 0 Å².